The number of allylic oxidation sites excluding steroid dienone is 1. The average molecular weight is 275 g/mol. The lowest BCUT2D eigenvalue weighted by atomic mass is 9.89. The van der Waals surface area contributed by atoms with Gasteiger partial charge < -0.3 is 9.64 Å². The molecule has 1 amide bonds. The van der Waals surface area contributed by atoms with Crippen molar-refractivity contribution in [3.63, 3.8) is 0 Å². The van der Waals surface area contributed by atoms with E-state index in [9.17, 15) is 4.79 Å². The Morgan fingerprint density at radius 3 is 2.40 bits per heavy atom. The first-order chi connectivity index (χ1) is 9.28. The largest absolute Gasteiger partial charge is 0.444 e. The number of amides is 1. The van der Waals surface area contributed by atoms with Crippen molar-refractivity contribution in [2.45, 2.75) is 46.1 Å². The third-order valence-electron chi connectivity index (χ3n) is 3.30. The number of ether oxygens (including phenoxy) is 1. The zero-order valence-electron chi connectivity index (χ0n) is 12.6. The van der Waals surface area contributed by atoms with Crippen LogP contribution in [0.1, 0.15) is 40.5 Å². The number of nitrogens with zero attached hydrogens (tertiary/aromatic N) is 3. The molecule has 5 heteroatoms. The smallest absolute Gasteiger partial charge is 0.410 e. The van der Waals surface area contributed by atoms with Crippen molar-refractivity contribution >= 4 is 6.09 Å². The Bertz CT molecular complexity index is 473. The van der Waals surface area contributed by atoms with Crippen LogP contribution in [-0.2, 0) is 4.74 Å². The molecule has 0 N–H and O–H groups in total. The number of piperidine rings is 1. The predicted molar refractivity (Wildman–Crippen MR) is 74.5 cm³/mol. The van der Waals surface area contributed by atoms with Crippen LogP contribution < -0.4 is 0 Å². The summed E-state index contributed by atoms with van der Waals surface area (Å²) in [4.78, 5) is 13.7. The van der Waals surface area contributed by atoms with E-state index in [2.05, 4.69) is 0 Å². The van der Waals surface area contributed by atoms with E-state index in [1.807, 2.05) is 32.9 Å². The Morgan fingerprint density at radius 1 is 1.30 bits per heavy atom. The maximum Gasteiger partial charge on any atom is 0.410 e. The third-order valence-corrected chi connectivity index (χ3v) is 3.30. The second-order valence-electron chi connectivity index (χ2n) is 6.05. The van der Waals surface area contributed by atoms with Crippen molar-refractivity contribution < 1.29 is 9.53 Å². The lowest BCUT2D eigenvalue weighted by molar-refractivity contribution is 0.0182. The Labute approximate surface area is 120 Å². The maximum atomic E-state index is 12.0. The fraction of sp³-hybridized carbons (Fsp3) is 0.667. The number of carbonyl (C=O) groups excluding carboxylic acids is 1. The molecule has 0 radical (unpaired) electrons. The highest BCUT2D eigenvalue weighted by Gasteiger charge is 2.29. The summed E-state index contributed by atoms with van der Waals surface area (Å²) in [6.07, 6.45) is 1.41. The minimum Gasteiger partial charge on any atom is -0.444 e. The molecule has 1 atom stereocenters. The molecule has 0 spiro atoms. The highest BCUT2D eigenvalue weighted by atomic mass is 16.6. The molecule has 1 aliphatic rings. The van der Waals surface area contributed by atoms with Crippen molar-refractivity contribution in [3.05, 3.63) is 11.1 Å². The number of likely N-dealkylation sites (tertiary alicyclic amines) is 1. The molecule has 0 aromatic carbocycles. The number of hydrogen-bond donors (Lipinski definition) is 0. The Balaban J connectivity index is 2.78. The first-order valence-corrected chi connectivity index (χ1v) is 6.77. The van der Waals surface area contributed by atoms with Gasteiger partial charge in [-0.3, -0.25) is 0 Å². The zero-order chi connectivity index (χ0) is 15.3. The molecule has 1 heterocycles. The van der Waals surface area contributed by atoms with Crippen molar-refractivity contribution in [2.24, 2.45) is 5.92 Å². The van der Waals surface area contributed by atoms with Gasteiger partial charge in [-0.1, -0.05) is 0 Å². The van der Waals surface area contributed by atoms with Crippen LogP contribution in [0, 0.1) is 28.6 Å². The number of carbonyl (C=O) groups is 1. The van der Waals surface area contributed by atoms with Crippen LogP contribution in [0.5, 0.6) is 0 Å². The van der Waals surface area contributed by atoms with E-state index < -0.39 is 5.60 Å². The highest BCUT2D eigenvalue weighted by Crippen LogP contribution is 2.26. The maximum absolute atomic E-state index is 12.0. The standard InChI is InChI=1S/C15H21N3O2/c1-11(13(8-16)9-17)12-6-5-7-18(10-12)14(19)20-15(2,3)4/h12H,5-7,10H2,1-4H3. The van der Waals surface area contributed by atoms with Gasteiger partial charge in [0.15, 0.2) is 0 Å². The molecule has 20 heavy (non-hydrogen) atoms. The van der Waals surface area contributed by atoms with Gasteiger partial charge in [-0.05, 0) is 52.0 Å². The van der Waals surface area contributed by atoms with Crippen LogP contribution in [0.4, 0.5) is 4.79 Å². The quantitative estimate of drug-likeness (QED) is 0.689. The van der Waals surface area contributed by atoms with E-state index in [0.717, 1.165) is 18.4 Å². The minimum atomic E-state index is -0.515. The monoisotopic (exact) mass is 275 g/mol. The van der Waals surface area contributed by atoms with E-state index in [-0.39, 0.29) is 17.6 Å². The Hall–Kier alpha value is -2.01. The molecule has 1 unspecified atom stereocenters. The lowest BCUT2D eigenvalue weighted by Gasteiger charge is -2.34. The van der Waals surface area contributed by atoms with Crippen molar-refractivity contribution in [2.75, 3.05) is 13.1 Å². The van der Waals surface area contributed by atoms with Crippen molar-refractivity contribution in [1.82, 2.24) is 4.90 Å². The average Bonchev–Trinajstić information content (AvgIpc) is 2.38. The fourth-order valence-electron chi connectivity index (χ4n) is 2.23. The molecule has 0 aromatic rings. The molecule has 0 bridgehead atoms. The Morgan fingerprint density at radius 2 is 1.90 bits per heavy atom. The molecule has 0 saturated carbocycles. The molecule has 0 aliphatic carbocycles. The van der Waals surface area contributed by atoms with E-state index in [1.165, 1.54) is 0 Å². The topological polar surface area (TPSA) is 77.1 Å². The summed E-state index contributed by atoms with van der Waals surface area (Å²) in [5, 5.41) is 17.8. The molecule has 1 saturated heterocycles. The van der Waals surface area contributed by atoms with Gasteiger partial charge >= 0.3 is 6.09 Å². The highest BCUT2D eigenvalue weighted by molar-refractivity contribution is 5.68. The van der Waals surface area contributed by atoms with E-state index in [4.69, 9.17) is 15.3 Å². The van der Waals surface area contributed by atoms with Crippen molar-refractivity contribution in [3.8, 4) is 12.1 Å². The molecule has 1 fully saturated rings. The molecular formula is C15H21N3O2. The first-order valence-electron chi connectivity index (χ1n) is 6.77. The van der Waals surface area contributed by atoms with Crippen LogP contribution in [0.3, 0.4) is 0 Å². The second kappa shape index (κ2) is 6.43. The molecule has 108 valence electrons. The number of nitriles is 2. The van der Waals surface area contributed by atoms with E-state index in [0.29, 0.717) is 13.1 Å². The van der Waals surface area contributed by atoms with Gasteiger partial charge in [-0.25, -0.2) is 4.79 Å². The molecule has 1 aliphatic heterocycles. The zero-order valence-corrected chi connectivity index (χ0v) is 12.6. The van der Waals surface area contributed by atoms with Gasteiger partial charge in [0.2, 0.25) is 0 Å². The normalized spacial score (nSPS) is 18.7. The molecular weight excluding hydrogens is 254 g/mol. The number of hydrogen-bond acceptors (Lipinski definition) is 4. The minimum absolute atomic E-state index is 0.0607. The van der Waals surface area contributed by atoms with Crippen LogP contribution in [0.2, 0.25) is 0 Å². The van der Waals surface area contributed by atoms with Crippen LogP contribution in [-0.4, -0.2) is 29.7 Å². The summed E-state index contributed by atoms with van der Waals surface area (Å²) in [7, 11) is 0. The fourth-order valence-corrected chi connectivity index (χ4v) is 2.23. The SMILES string of the molecule is CC(=C(C#N)C#N)C1CCCN(C(=O)OC(C)(C)C)C1. The first kappa shape index (κ1) is 16.0. The van der Waals surface area contributed by atoms with Gasteiger partial charge in [0.05, 0.1) is 0 Å². The van der Waals surface area contributed by atoms with Gasteiger partial charge in [-0.2, -0.15) is 10.5 Å². The van der Waals surface area contributed by atoms with Crippen LogP contribution >= 0.6 is 0 Å². The van der Waals surface area contributed by atoms with E-state index in [1.54, 1.807) is 11.8 Å². The van der Waals surface area contributed by atoms with E-state index >= 15 is 0 Å². The second-order valence-corrected chi connectivity index (χ2v) is 6.05. The number of rotatable bonds is 1. The van der Waals surface area contributed by atoms with Gasteiger partial charge in [0.1, 0.15) is 23.3 Å². The summed E-state index contributed by atoms with van der Waals surface area (Å²) in [5.41, 5.74) is 0.406. The lowest BCUT2D eigenvalue weighted by Crippen LogP contribution is -2.43. The summed E-state index contributed by atoms with van der Waals surface area (Å²) in [5.74, 6) is 0.0607. The predicted octanol–water partition coefficient (Wildman–Crippen LogP) is 3.00. The van der Waals surface area contributed by atoms with Gasteiger partial charge in [0, 0.05) is 13.1 Å². The van der Waals surface area contributed by atoms with Crippen LogP contribution in [0.25, 0.3) is 0 Å². The van der Waals surface area contributed by atoms with Crippen LogP contribution in [0.15, 0.2) is 11.1 Å². The van der Waals surface area contributed by atoms with Gasteiger partial charge in [0.25, 0.3) is 0 Å². The van der Waals surface area contributed by atoms with Crippen molar-refractivity contribution in [1.29, 1.82) is 10.5 Å². The summed E-state index contributed by atoms with van der Waals surface area (Å²) in [6, 6.07) is 3.83. The summed E-state index contributed by atoms with van der Waals surface area (Å²) in [6.45, 7) is 8.47. The molecule has 1 rings (SSSR count). The Kier molecular flexibility index (Phi) is 5.16. The summed E-state index contributed by atoms with van der Waals surface area (Å²) < 4.78 is 5.36. The molecule has 0 aromatic heterocycles. The summed E-state index contributed by atoms with van der Waals surface area (Å²) >= 11 is 0. The molecule has 5 nitrogen and oxygen atoms in total. The third kappa shape index (κ3) is 4.28. The van der Waals surface area contributed by atoms with Gasteiger partial charge in [-0.15, -0.1) is 0 Å².